The summed E-state index contributed by atoms with van der Waals surface area (Å²) in [5.41, 5.74) is 0. The molecule has 0 saturated heterocycles. The summed E-state index contributed by atoms with van der Waals surface area (Å²) in [6.07, 6.45) is 0.871. The second-order valence-corrected chi connectivity index (χ2v) is 3.57. The van der Waals surface area contributed by atoms with Crippen molar-refractivity contribution < 1.29 is 8.78 Å². The zero-order valence-corrected chi connectivity index (χ0v) is 7.47. The first-order valence-corrected chi connectivity index (χ1v) is 4.59. The van der Waals surface area contributed by atoms with E-state index in [0.717, 1.165) is 6.42 Å². The summed E-state index contributed by atoms with van der Waals surface area (Å²) >= 11 is 0. The van der Waals surface area contributed by atoms with Crippen LogP contribution < -0.4 is 0 Å². The first-order chi connectivity index (χ1) is 5.69. The van der Waals surface area contributed by atoms with Gasteiger partial charge < -0.3 is 0 Å². The van der Waals surface area contributed by atoms with Gasteiger partial charge in [-0.05, 0) is 24.7 Å². The lowest BCUT2D eigenvalue weighted by molar-refractivity contribution is 0.0643. The van der Waals surface area contributed by atoms with Crippen LogP contribution in [0.15, 0.2) is 12.7 Å². The van der Waals surface area contributed by atoms with E-state index in [1.165, 1.54) is 0 Å². The van der Waals surface area contributed by atoms with Gasteiger partial charge in [0.2, 0.25) is 0 Å². The molecule has 0 aromatic heterocycles. The zero-order chi connectivity index (χ0) is 9.14. The van der Waals surface area contributed by atoms with Gasteiger partial charge in [-0.1, -0.05) is 19.4 Å². The minimum Gasteiger partial charge on any atom is -0.244 e. The van der Waals surface area contributed by atoms with Crippen molar-refractivity contribution in [2.75, 3.05) is 0 Å². The molecule has 12 heavy (non-hydrogen) atoms. The summed E-state index contributed by atoms with van der Waals surface area (Å²) in [5, 5.41) is 0. The maximum absolute atomic E-state index is 12.9. The van der Waals surface area contributed by atoms with Gasteiger partial charge in [-0.3, -0.25) is 0 Å². The van der Waals surface area contributed by atoms with Gasteiger partial charge in [-0.15, -0.1) is 6.58 Å². The molecule has 0 N–H and O–H groups in total. The monoisotopic (exact) mass is 174 g/mol. The number of halogens is 2. The molecular formula is C10H16F2. The second-order valence-electron chi connectivity index (χ2n) is 3.57. The van der Waals surface area contributed by atoms with Gasteiger partial charge in [0.1, 0.15) is 12.3 Å². The number of rotatable bonds is 2. The second kappa shape index (κ2) is 4.01. The predicted molar refractivity (Wildman–Crippen MR) is 46.5 cm³/mol. The van der Waals surface area contributed by atoms with Gasteiger partial charge in [0.05, 0.1) is 0 Å². The van der Waals surface area contributed by atoms with Gasteiger partial charge in [0.15, 0.2) is 0 Å². The minimum absolute atomic E-state index is 0.178. The lowest BCUT2D eigenvalue weighted by atomic mass is 9.76. The Morgan fingerprint density at radius 2 is 1.92 bits per heavy atom. The Balaban J connectivity index is 2.57. The van der Waals surface area contributed by atoms with Gasteiger partial charge in [0.25, 0.3) is 0 Å². The fraction of sp³-hybridized carbons (Fsp3) is 0.800. The van der Waals surface area contributed by atoms with Crippen LogP contribution in [0.25, 0.3) is 0 Å². The maximum atomic E-state index is 12.9. The molecule has 4 atom stereocenters. The Morgan fingerprint density at radius 3 is 2.42 bits per heavy atom. The smallest absolute Gasteiger partial charge is 0.132 e. The largest absolute Gasteiger partial charge is 0.244 e. The molecule has 70 valence electrons. The van der Waals surface area contributed by atoms with Crippen LogP contribution in [0.3, 0.4) is 0 Å². The van der Waals surface area contributed by atoms with Crippen molar-refractivity contribution in [2.45, 2.75) is 38.5 Å². The Bertz CT molecular complexity index is 156. The van der Waals surface area contributed by atoms with E-state index in [4.69, 9.17) is 0 Å². The molecule has 0 aromatic carbocycles. The fourth-order valence-corrected chi connectivity index (χ4v) is 1.97. The molecule has 0 amide bonds. The Hall–Kier alpha value is -0.400. The third-order valence-corrected chi connectivity index (χ3v) is 2.85. The lowest BCUT2D eigenvalue weighted by Gasteiger charge is -2.32. The third-order valence-electron chi connectivity index (χ3n) is 2.85. The van der Waals surface area contributed by atoms with Crippen LogP contribution >= 0.6 is 0 Å². The van der Waals surface area contributed by atoms with E-state index in [9.17, 15) is 8.78 Å². The van der Waals surface area contributed by atoms with Crippen molar-refractivity contribution in [2.24, 2.45) is 11.8 Å². The van der Waals surface area contributed by atoms with E-state index in [1.54, 1.807) is 6.08 Å². The summed E-state index contributed by atoms with van der Waals surface area (Å²) in [5.74, 6) is 0.474. The van der Waals surface area contributed by atoms with Crippen molar-refractivity contribution in [3.05, 3.63) is 12.7 Å². The summed E-state index contributed by atoms with van der Waals surface area (Å²) in [7, 11) is 0. The summed E-state index contributed by atoms with van der Waals surface area (Å²) < 4.78 is 25.8. The zero-order valence-electron chi connectivity index (χ0n) is 7.47. The molecule has 0 aliphatic heterocycles. The topological polar surface area (TPSA) is 0 Å². The highest BCUT2D eigenvalue weighted by Crippen LogP contribution is 2.36. The molecule has 4 unspecified atom stereocenters. The van der Waals surface area contributed by atoms with E-state index >= 15 is 0 Å². The fourth-order valence-electron chi connectivity index (χ4n) is 1.97. The normalized spacial score (nSPS) is 42.6. The van der Waals surface area contributed by atoms with Crippen LogP contribution in [0, 0.1) is 11.8 Å². The molecule has 1 rings (SSSR count). The highest BCUT2D eigenvalue weighted by molar-refractivity contribution is 4.93. The summed E-state index contributed by atoms with van der Waals surface area (Å²) in [6.45, 7) is 5.67. The van der Waals surface area contributed by atoms with Crippen molar-refractivity contribution in [3.8, 4) is 0 Å². The van der Waals surface area contributed by atoms with Crippen LogP contribution in [0.5, 0.6) is 0 Å². The molecule has 0 bridgehead atoms. The molecule has 0 nitrogen and oxygen atoms in total. The van der Waals surface area contributed by atoms with Crippen LogP contribution in [-0.4, -0.2) is 12.3 Å². The highest BCUT2D eigenvalue weighted by atomic mass is 19.2. The number of hydrogen-bond donors (Lipinski definition) is 0. The first-order valence-electron chi connectivity index (χ1n) is 4.59. The van der Waals surface area contributed by atoms with E-state index in [-0.39, 0.29) is 5.92 Å². The SMILES string of the molecule is C=CC1CC(F)C(F)CC1CC. The summed E-state index contributed by atoms with van der Waals surface area (Å²) in [6, 6.07) is 0. The molecule has 2 heteroatoms. The van der Waals surface area contributed by atoms with Crippen molar-refractivity contribution >= 4 is 0 Å². The van der Waals surface area contributed by atoms with Gasteiger partial charge in [0, 0.05) is 0 Å². The third kappa shape index (κ3) is 1.85. The van der Waals surface area contributed by atoms with Gasteiger partial charge in [-0.25, -0.2) is 8.78 Å². The van der Waals surface area contributed by atoms with E-state index in [2.05, 4.69) is 6.58 Å². The van der Waals surface area contributed by atoms with E-state index < -0.39 is 12.3 Å². The van der Waals surface area contributed by atoms with Crippen molar-refractivity contribution in [1.29, 1.82) is 0 Å². The van der Waals surface area contributed by atoms with Crippen LogP contribution in [0.2, 0.25) is 0 Å². The molecule has 1 saturated carbocycles. The molecule has 0 aromatic rings. The van der Waals surface area contributed by atoms with E-state index in [0.29, 0.717) is 18.8 Å². The van der Waals surface area contributed by atoms with Crippen molar-refractivity contribution in [3.63, 3.8) is 0 Å². The van der Waals surface area contributed by atoms with Gasteiger partial charge >= 0.3 is 0 Å². The predicted octanol–water partition coefficient (Wildman–Crippen LogP) is 3.28. The first kappa shape index (κ1) is 9.69. The van der Waals surface area contributed by atoms with Gasteiger partial charge in [-0.2, -0.15) is 0 Å². The summed E-state index contributed by atoms with van der Waals surface area (Å²) in [4.78, 5) is 0. The van der Waals surface area contributed by atoms with Crippen LogP contribution in [0.4, 0.5) is 8.78 Å². The molecule has 1 fully saturated rings. The average Bonchev–Trinajstić information content (AvgIpc) is 2.09. The standard InChI is InChI=1S/C10H16F2/c1-3-7-5-9(11)10(12)6-8(7)4-2/h3,7-10H,1,4-6H2,2H3. The molecule has 0 spiro atoms. The maximum Gasteiger partial charge on any atom is 0.132 e. The Kier molecular flexibility index (Phi) is 3.24. The number of alkyl halides is 2. The van der Waals surface area contributed by atoms with Crippen molar-refractivity contribution in [1.82, 2.24) is 0 Å². The van der Waals surface area contributed by atoms with Crippen LogP contribution in [-0.2, 0) is 0 Å². The molecule has 1 aliphatic rings. The molecule has 0 heterocycles. The molecular weight excluding hydrogens is 158 g/mol. The Labute approximate surface area is 72.7 Å². The average molecular weight is 174 g/mol. The lowest BCUT2D eigenvalue weighted by Crippen LogP contribution is -2.33. The minimum atomic E-state index is -1.27. The number of hydrogen-bond acceptors (Lipinski definition) is 0. The molecule has 0 radical (unpaired) electrons. The highest BCUT2D eigenvalue weighted by Gasteiger charge is 2.34. The Morgan fingerprint density at radius 1 is 1.33 bits per heavy atom. The number of allylic oxidation sites excluding steroid dienone is 1. The quantitative estimate of drug-likeness (QED) is 0.563. The van der Waals surface area contributed by atoms with Crippen LogP contribution in [0.1, 0.15) is 26.2 Å². The van der Waals surface area contributed by atoms with E-state index in [1.807, 2.05) is 6.92 Å². The molecule has 1 aliphatic carbocycles.